The maximum absolute atomic E-state index is 10.3. The number of aryl methyl sites for hydroxylation is 1. The summed E-state index contributed by atoms with van der Waals surface area (Å²) in [5.41, 5.74) is 0.967. The first kappa shape index (κ1) is 11.6. The van der Waals surface area contributed by atoms with E-state index in [1.807, 2.05) is 13.2 Å². The van der Waals surface area contributed by atoms with Crippen LogP contribution in [0.4, 0.5) is 0 Å². The van der Waals surface area contributed by atoms with Gasteiger partial charge in [-0.25, -0.2) is 0 Å². The predicted octanol–water partition coefficient (Wildman–Crippen LogP) is 2.53. The van der Waals surface area contributed by atoms with Crippen LogP contribution >= 0.6 is 0 Å². The maximum atomic E-state index is 10.3. The van der Waals surface area contributed by atoms with Gasteiger partial charge in [-0.2, -0.15) is 5.10 Å². The van der Waals surface area contributed by atoms with Crippen molar-refractivity contribution in [2.24, 2.45) is 24.8 Å². The Kier molecular flexibility index (Phi) is 3.33. The van der Waals surface area contributed by atoms with Crippen molar-refractivity contribution in [3.05, 3.63) is 18.0 Å². The van der Waals surface area contributed by atoms with Gasteiger partial charge in [0.25, 0.3) is 0 Å². The normalized spacial score (nSPS) is 32.6. The Hall–Kier alpha value is -0.830. The largest absolute Gasteiger partial charge is 0.388 e. The summed E-state index contributed by atoms with van der Waals surface area (Å²) in [6, 6.07) is 0. The van der Waals surface area contributed by atoms with Crippen LogP contribution in [-0.2, 0) is 7.05 Å². The smallest absolute Gasteiger partial charge is 0.0848 e. The number of hydrogen-bond donors (Lipinski definition) is 1. The molecule has 16 heavy (non-hydrogen) atoms. The van der Waals surface area contributed by atoms with Crippen molar-refractivity contribution in [1.82, 2.24) is 9.78 Å². The van der Waals surface area contributed by atoms with Crippen molar-refractivity contribution >= 4 is 0 Å². The Balaban J connectivity index is 2.02. The molecule has 1 heterocycles. The average Bonchev–Trinajstić information content (AvgIpc) is 2.68. The molecular weight excluding hydrogens is 200 g/mol. The van der Waals surface area contributed by atoms with Gasteiger partial charge in [-0.1, -0.05) is 20.3 Å². The van der Waals surface area contributed by atoms with E-state index in [1.54, 1.807) is 10.9 Å². The number of nitrogens with zero attached hydrogens (tertiary/aromatic N) is 2. The molecule has 1 saturated carbocycles. The molecular formula is C13H22N2O. The molecule has 0 aliphatic heterocycles. The molecule has 0 saturated heterocycles. The SMILES string of the molecule is CC1CCC(C(O)c2cnn(C)c2)CC1C. The third-order valence-electron chi connectivity index (χ3n) is 4.15. The van der Waals surface area contributed by atoms with Crippen LogP contribution in [0.5, 0.6) is 0 Å². The molecule has 3 heteroatoms. The van der Waals surface area contributed by atoms with E-state index in [0.717, 1.165) is 30.2 Å². The fourth-order valence-corrected chi connectivity index (χ4v) is 2.74. The zero-order valence-electron chi connectivity index (χ0n) is 10.4. The van der Waals surface area contributed by atoms with Gasteiger partial charge in [0.1, 0.15) is 0 Å². The summed E-state index contributed by atoms with van der Waals surface area (Å²) in [5, 5.41) is 14.4. The minimum absolute atomic E-state index is 0.330. The van der Waals surface area contributed by atoms with Crippen molar-refractivity contribution in [3.63, 3.8) is 0 Å². The first-order valence-corrected chi connectivity index (χ1v) is 6.24. The first-order valence-electron chi connectivity index (χ1n) is 6.24. The van der Waals surface area contributed by atoms with Crippen molar-refractivity contribution in [2.75, 3.05) is 0 Å². The van der Waals surface area contributed by atoms with Crippen LogP contribution in [0.3, 0.4) is 0 Å². The lowest BCUT2D eigenvalue weighted by Crippen LogP contribution is -2.25. The van der Waals surface area contributed by atoms with Crippen LogP contribution in [0, 0.1) is 17.8 Å². The third-order valence-corrected chi connectivity index (χ3v) is 4.15. The molecule has 4 atom stereocenters. The summed E-state index contributed by atoms with van der Waals surface area (Å²) in [6.45, 7) is 4.62. The molecule has 1 aromatic rings. The van der Waals surface area contributed by atoms with Crippen LogP contribution in [0.2, 0.25) is 0 Å². The second-order valence-electron chi connectivity index (χ2n) is 5.42. The lowest BCUT2D eigenvalue weighted by atomic mass is 9.73. The van der Waals surface area contributed by atoms with E-state index in [9.17, 15) is 5.11 Å². The Morgan fingerprint density at radius 2 is 2.12 bits per heavy atom. The van der Waals surface area contributed by atoms with Crippen LogP contribution in [0.15, 0.2) is 12.4 Å². The monoisotopic (exact) mass is 222 g/mol. The van der Waals surface area contributed by atoms with Gasteiger partial charge in [0.15, 0.2) is 0 Å². The number of rotatable bonds is 2. The second kappa shape index (κ2) is 4.58. The predicted molar refractivity (Wildman–Crippen MR) is 63.8 cm³/mol. The second-order valence-corrected chi connectivity index (χ2v) is 5.42. The molecule has 2 rings (SSSR count). The van der Waals surface area contributed by atoms with E-state index in [4.69, 9.17) is 0 Å². The number of aliphatic hydroxyl groups excluding tert-OH is 1. The molecule has 3 nitrogen and oxygen atoms in total. The molecule has 1 aliphatic rings. The molecule has 1 aromatic heterocycles. The number of hydrogen-bond acceptors (Lipinski definition) is 2. The molecule has 4 unspecified atom stereocenters. The average molecular weight is 222 g/mol. The van der Waals surface area contributed by atoms with Gasteiger partial charge in [-0.3, -0.25) is 4.68 Å². The summed E-state index contributed by atoms with van der Waals surface area (Å²) in [4.78, 5) is 0. The Labute approximate surface area is 97.5 Å². The van der Waals surface area contributed by atoms with Gasteiger partial charge >= 0.3 is 0 Å². The molecule has 90 valence electrons. The van der Waals surface area contributed by atoms with Gasteiger partial charge < -0.3 is 5.11 Å². The Bertz CT molecular complexity index is 347. The number of aromatic nitrogens is 2. The Morgan fingerprint density at radius 3 is 2.69 bits per heavy atom. The van der Waals surface area contributed by atoms with Gasteiger partial charge in [0.05, 0.1) is 12.3 Å². The van der Waals surface area contributed by atoms with Crippen LogP contribution < -0.4 is 0 Å². The molecule has 0 radical (unpaired) electrons. The summed E-state index contributed by atoms with van der Waals surface area (Å²) in [7, 11) is 1.89. The first-order chi connectivity index (χ1) is 7.58. The van der Waals surface area contributed by atoms with E-state index in [2.05, 4.69) is 18.9 Å². The topological polar surface area (TPSA) is 38.1 Å². The van der Waals surface area contributed by atoms with E-state index in [1.165, 1.54) is 6.42 Å². The standard InChI is InChI=1S/C13H22N2O/c1-9-4-5-11(6-10(9)2)13(16)12-7-14-15(3)8-12/h7-11,13,16H,4-6H2,1-3H3. The highest BCUT2D eigenvalue weighted by Crippen LogP contribution is 2.39. The molecule has 1 aliphatic carbocycles. The lowest BCUT2D eigenvalue weighted by molar-refractivity contribution is 0.0560. The highest BCUT2D eigenvalue weighted by Gasteiger charge is 2.30. The zero-order valence-corrected chi connectivity index (χ0v) is 10.4. The molecule has 1 fully saturated rings. The minimum atomic E-state index is -0.330. The van der Waals surface area contributed by atoms with Crippen molar-refractivity contribution in [3.8, 4) is 0 Å². The van der Waals surface area contributed by atoms with Gasteiger partial charge in [0.2, 0.25) is 0 Å². The maximum Gasteiger partial charge on any atom is 0.0848 e. The highest BCUT2D eigenvalue weighted by atomic mass is 16.3. The minimum Gasteiger partial charge on any atom is -0.388 e. The zero-order chi connectivity index (χ0) is 11.7. The molecule has 0 aromatic carbocycles. The van der Waals surface area contributed by atoms with Crippen LogP contribution in [0.1, 0.15) is 44.8 Å². The van der Waals surface area contributed by atoms with Crippen LogP contribution in [-0.4, -0.2) is 14.9 Å². The van der Waals surface area contributed by atoms with E-state index in [0.29, 0.717) is 5.92 Å². The Morgan fingerprint density at radius 1 is 1.38 bits per heavy atom. The summed E-state index contributed by atoms with van der Waals surface area (Å²) >= 11 is 0. The van der Waals surface area contributed by atoms with Crippen LogP contribution in [0.25, 0.3) is 0 Å². The van der Waals surface area contributed by atoms with E-state index < -0.39 is 0 Å². The summed E-state index contributed by atoms with van der Waals surface area (Å²) < 4.78 is 1.76. The lowest BCUT2D eigenvalue weighted by Gasteiger charge is -2.34. The highest BCUT2D eigenvalue weighted by molar-refractivity contribution is 5.09. The summed E-state index contributed by atoms with van der Waals surface area (Å²) in [5.74, 6) is 1.94. The fraction of sp³-hybridized carbons (Fsp3) is 0.769. The molecule has 0 bridgehead atoms. The van der Waals surface area contributed by atoms with Crippen molar-refractivity contribution in [2.45, 2.75) is 39.2 Å². The quantitative estimate of drug-likeness (QED) is 0.835. The van der Waals surface area contributed by atoms with Gasteiger partial charge in [-0.15, -0.1) is 0 Å². The number of aliphatic hydroxyl groups is 1. The molecule has 0 amide bonds. The van der Waals surface area contributed by atoms with E-state index >= 15 is 0 Å². The summed E-state index contributed by atoms with van der Waals surface area (Å²) in [6.07, 6.45) is 6.89. The fourth-order valence-electron chi connectivity index (χ4n) is 2.74. The molecule has 1 N–H and O–H groups in total. The van der Waals surface area contributed by atoms with Crippen molar-refractivity contribution in [1.29, 1.82) is 0 Å². The van der Waals surface area contributed by atoms with Gasteiger partial charge in [-0.05, 0) is 30.6 Å². The van der Waals surface area contributed by atoms with Crippen molar-refractivity contribution < 1.29 is 5.11 Å². The van der Waals surface area contributed by atoms with Gasteiger partial charge in [0, 0.05) is 18.8 Å². The van der Waals surface area contributed by atoms with E-state index in [-0.39, 0.29) is 6.10 Å². The third kappa shape index (κ3) is 2.29. The molecule has 0 spiro atoms.